The Kier molecular flexibility index (Phi) is 6.76. The SMILES string of the molecule is Cc1cc(OCC(C)c2cn(-c3ccc(C(F)(F)F)cc3)nc2C)ccc1OCC(=O)O. The third kappa shape index (κ3) is 5.60. The molecule has 0 bridgehead atoms. The van der Waals surface area contributed by atoms with Gasteiger partial charge in [0.05, 0.1) is 23.6 Å². The second-order valence-electron chi connectivity index (χ2n) is 7.48. The van der Waals surface area contributed by atoms with Crippen LogP contribution in [0, 0.1) is 13.8 Å². The molecule has 1 N–H and O–H groups in total. The number of rotatable bonds is 8. The number of carboxylic acids is 1. The van der Waals surface area contributed by atoms with E-state index in [9.17, 15) is 18.0 Å². The third-order valence-corrected chi connectivity index (χ3v) is 4.92. The molecule has 0 aliphatic rings. The predicted octanol–water partition coefficient (Wildman–Crippen LogP) is 5.15. The fourth-order valence-corrected chi connectivity index (χ4v) is 3.22. The normalized spacial score (nSPS) is 12.4. The molecule has 3 aromatic rings. The second kappa shape index (κ2) is 9.33. The summed E-state index contributed by atoms with van der Waals surface area (Å²) in [6.45, 7) is 5.55. The zero-order valence-electron chi connectivity index (χ0n) is 17.8. The molecule has 0 amide bonds. The van der Waals surface area contributed by atoms with Crippen molar-refractivity contribution in [2.24, 2.45) is 0 Å². The maximum atomic E-state index is 12.8. The van der Waals surface area contributed by atoms with E-state index in [4.69, 9.17) is 14.6 Å². The van der Waals surface area contributed by atoms with E-state index in [0.29, 0.717) is 23.8 Å². The first-order valence-corrected chi connectivity index (χ1v) is 9.86. The summed E-state index contributed by atoms with van der Waals surface area (Å²) in [7, 11) is 0. The zero-order chi connectivity index (χ0) is 23.5. The molecule has 170 valence electrons. The molecule has 2 aromatic carbocycles. The fraction of sp³-hybridized carbons (Fsp3) is 0.304. The minimum Gasteiger partial charge on any atom is -0.493 e. The first kappa shape index (κ1) is 23.2. The highest BCUT2D eigenvalue weighted by Crippen LogP contribution is 2.30. The van der Waals surface area contributed by atoms with E-state index in [1.165, 1.54) is 12.1 Å². The molecule has 0 saturated carbocycles. The van der Waals surface area contributed by atoms with Crippen molar-refractivity contribution in [1.29, 1.82) is 0 Å². The van der Waals surface area contributed by atoms with Gasteiger partial charge in [-0.25, -0.2) is 9.48 Å². The number of aryl methyl sites for hydroxylation is 2. The lowest BCUT2D eigenvalue weighted by molar-refractivity contribution is -0.139. The molecule has 0 aliphatic carbocycles. The van der Waals surface area contributed by atoms with Gasteiger partial charge in [0.2, 0.25) is 0 Å². The number of hydrogen-bond acceptors (Lipinski definition) is 4. The summed E-state index contributed by atoms with van der Waals surface area (Å²) in [5.41, 5.74) is 2.26. The molecular formula is C23H23F3N2O4. The van der Waals surface area contributed by atoms with Crippen molar-refractivity contribution >= 4 is 5.97 Å². The molecule has 0 saturated heterocycles. The minimum atomic E-state index is -4.38. The topological polar surface area (TPSA) is 73.6 Å². The van der Waals surface area contributed by atoms with E-state index in [1.807, 2.05) is 13.8 Å². The van der Waals surface area contributed by atoms with Crippen LogP contribution in [0.15, 0.2) is 48.7 Å². The first-order chi connectivity index (χ1) is 15.0. The van der Waals surface area contributed by atoms with Crippen LogP contribution in [0.1, 0.15) is 35.2 Å². The molecule has 0 fully saturated rings. The molecule has 9 heteroatoms. The third-order valence-electron chi connectivity index (χ3n) is 4.92. The highest BCUT2D eigenvalue weighted by Gasteiger charge is 2.30. The number of hydrogen-bond donors (Lipinski definition) is 1. The number of aromatic nitrogens is 2. The summed E-state index contributed by atoms with van der Waals surface area (Å²) in [5, 5.41) is 13.1. The van der Waals surface area contributed by atoms with E-state index in [1.54, 1.807) is 36.0 Å². The maximum Gasteiger partial charge on any atom is 0.416 e. The highest BCUT2D eigenvalue weighted by atomic mass is 19.4. The van der Waals surface area contributed by atoms with E-state index in [0.717, 1.165) is 29.0 Å². The van der Waals surface area contributed by atoms with E-state index >= 15 is 0 Å². The van der Waals surface area contributed by atoms with Gasteiger partial charge >= 0.3 is 12.1 Å². The monoisotopic (exact) mass is 448 g/mol. The lowest BCUT2D eigenvalue weighted by Crippen LogP contribution is -2.10. The van der Waals surface area contributed by atoms with Gasteiger partial charge in [-0.1, -0.05) is 6.92 Å². The van der Waals surface area contributed by atoms with Crippen LogP contribution in [-0.2, 0) is 11.0 Å². The number of ether oxygens (including phenoxy) is 2. The Labute approximate surface area is 183 Å². The largest absolute Gasteiger partial charge is 0.493 e. The molecule has 0 aliphatic heterocycles. The van der Waals surface area contributed by atoms with Crippen molar-refractivity contribution in [1.82, 2.24) is 9.78 Å². The van der Waals surface area contributed by atoms with Crippen molar-refractivity contribution in [2.45, 2.75) is 32.9 Å². The van der Waals surface area contributed by atoms with Crippen LogP contribution in [0.2, 0.25) is 0 Å². The van der Waals surface area contributed by atoms with Crippen LogP contribution in [-0.4, -0.2) is 34.1 Å². The summed E-state index contributed by atoms with van der Waals surface area (Å²) in [6.07, 6.45) is -2.59. The van der Waals surface area contributed by atoms with Crippen LogP contribution in [0.5, 0.6) is 11.5 Å². The Morgan fingerprint density at radius 1 is 1.12 bits per heavy atom. The number of carbonyl (C=O) groups is 1. The number of carboxylic acid groups (broad SMARTS) is 1. The van der Waals surface area contributed by atoms with Gasteiger partial charge in [-0.2, -0.15) is 18.3 Å². The van der Waals surface area contributed by atoms with Gasteiger partial charge in [0.15, 0.2) is 6.61 Å². The summed E-state index contributed by atoms with van der Waals surface area (Å²) < 4.78 is 50.9. The lowest BCUT2D eigenvalue weighted by Gasteiger charge is -2.14. The van der Waals surface area contributed by atoms with Crippen LogP contribution >= 0.6 is 0 Å². The lowest BCUT2D eigenvalue weighted by atomic mass is 10.0. The smallest absolute Gasteiger partial charge is 0.416 e. The average molecular weight is 448 g/mol. The summed E-state index contributed by atoms with van der Waals surface area (Å²) in [6, 6.07) is 9.97. The Balaban J connectivity index is 1.66. The van der Waals surface area contributed by atoms with Crippen LogP contribution in [0.25, 0.3) is 5.69 Å². The van der Waals surface area contributed by atoms with Crippen molar-refractivity contribution in [3.63, 3.8) is 0 Å². The van der Waals surface area contributed by atoms with Gasteiger partial charge in [-0.3, -0.25) is 0 Å². The second-order valence-corrected chi connectivity index (χ2v) is 7.48. The van der Waals surface area contributed by atoms with Crippen molar-refractivity contribution in [3.8, 4) is 17.2 Å². The van der Waals surface area contributed by atoms with E-state index in [2.05, 4.69) is 5.10 Å². The Hall–Kier alpha value is -3.49. The van der Waals surface area contributed by atoms with Gasteiger partial charge < -0.3 is 14.6 Å². The number of aliphatic carboxylic acids is 1. The molecule has 0 spiro atoms. The number of benzene rings is 2. The minimum absolute atomic E-state index is 0.0264. The molecule has 1 atom stereocenters. The van der Waals surface area contributed by atoms with Crippen molar-refractivity contribution in [3.05, 3.63) is 71.0 Å². The number of alkyl halides is 3. The molecule has 32 heavy (non-hydrogen) atoms. The summed E-state index contributed by atoms with van der Waals surface area (Å²) in [5.74, 6) is 0.0125. The van der Waals surface area contributed by atoms with Gasteiger partial charge in [0.25, 0.3) is 0 Å². The van der Waals surface area contributed by atoms with E-state index < -0.39 is 24.3 Å². The number of nitrogens with zero attached hydrogens (tertiary/aromatic N) is 2. The predicted molar refractivity (Wildman–Crippen MR) is 112 cm³/mol. The summed E-state index contributed by atoms with van der Waals surface area (Å²) >= 11 is 0. The average Bonchev–Trinajstić information content (AvgIpc) is 3.12. The first-order valence-electron chi connectivity index (χ1n) is 9.86. The molecular weight excluding hydrogens is 425 g/mol. The van der Waals surface area contributed by atoms with Crippen molar-refractivity contribution < 1.29 is 32.5 Å². The Bertz CT molecular complexity index is 1090. The van der Waals surface area contributed by atoms with Crippen LogP contribution < -0.4 is 9.47 Å². The quantitative estimate of drug-likeness (QED) is 0.516. The maximum absolute atomic E-state index is 12.8. The van der Waals surface area contributed by atoms with Gasteiger partial charge in [0, 0.05) is 12.1 Å². The van der Waals surface area contributed by atoms with Gasteiger partial charge in [-0.15, -0.1) is 0 Å². The van der Waals surface area contributed by atoms with Crippen LogP contribution in [0.3, 0.4) is 0 Å². The van der Waals surface area contributed by atoms with Crippen molar-refractivity contribution in [2.75, 3.05) is 13.2 Å². The van der Waals surface area contributed by atoms with Gasteiger partial charge in [0.1, 0.15) is 11.5 Å². The van der Waals surface area contributed by atoms with Gasteiger partial charge in [-0.05, 0) is 67.4 Å². The molecule has 0 radical (unpaired) electrons. The summed E-state index contributed by atoms with van der Waals surface area (Å²) in [4.78, 5) is 10.6. The Morgan fingerprint density at radius 3 is 2.41 bits per heavy atom. The fourth-order valence-electron chi connectivity index (χ4n) is 3.22. The van der Waals surface area contributed by atoms with E-state index in [-0.39, 0.29) is 5.92 Å². The highest BCUT2D eigenvalue weighted by molar-refractivity contribution is 5.68. The van der Waals surface area contributed by atoms with Crippen LogP contribution in [0.4, 0.5) is 13.2 Å². The molecule has 1 unspecified atom stereocenters. The number of halogens is 3. The Morgan fingerprint density at radius 2 is 1.81 bits per heavy atom. The zero-order valence-corrected chi connectivity index (χ0v) is 17.8. The molecule has 3 rings (SSSR count). The molecule has 1 aromatic heterocycles. The standard InChI is InChI=1S/C23H23F3N2O4/c1-14-10-19(8-9-21(14)32-13-22(29)30)31-12-15(2)20-11-28(27-16(20)3)18-6-4-17(5-7-18)23(24,25)26/h4-11,15H,12-13H2,1-3H3,(H,29,30). The molecule has 1 heterocycles. The molecule has 6 nitrogen and oxygen atoms in total.